The SMILES string of the molecule is CCC(CO)CN(C)Cc1ccc(F)cc1F. The second-order valence-corrected chi connectivity index (χ2v) is 4.39. The highest BCUT2D eigenvalue weighted by atomic mass is 19.1. The maximum absolute atomic E-state index is 13.4. The van der Waals surface area contributed by atoms with Crippen LogP contribution in [0.15, 0.2) is 18.2 Å². The van der Waals surface area contributed by atoms with Crippen molar-refractivity contribution in [1.29, 1.82) is 0 Å². The molecule has 1 aromatic carbocycles. The van der Waals surface area contributed by atoms with Crippen molar-refractivity contribution in [3.8, 4) is 0 Å². The number of hydrogen-bond acceptors (Lipinski definition) is 2. The minimum absolute atomic E-state index is 0.132. The summed E-state index contributed by atoms with van der Waals surface area (Å²) in [6.45, 7) is 3.26. The third-order valence-electron chi connectivity index (χ3n) is 2.86. The van der Waals surface area contributed by atoms with Gasteiger partial charge in [-0.15, -0.1) is 0 Å². The normalized spacial score (nSPS) is 13.1. The first-order valence-electron chi connectivity index (χ1n) is 5.80. The Kier molecular flexibility index (Phi) is 5.51. The monoisotopic (exact) mass is 243 g/mol. The molecule has 1 rings (SSSR count). The molecule has 1 aromatic rings. The predicted molar refractivity (Wildman–Crippen MR) is 63.6 cm³/mol. The van der Waals surface area contributed by atoms with Gasteiger partial charge in [0, 0.05) is 31.3 Å². The Labute approximate surface area is 101 Å². The highest BCUT2D eigenvalue weighted by Crippen LogP contribution is 2.13. The Morgan fingerprint density at radius 1 is 1.35 bits per heavy atom. The Bertz CT molecular complexity index is 353. The van der Waals surface area contributed by atoms with Crippen LogP contribution in [0.3, 0.4) is 0 Å². The van der Waals surface area contributed by atoms with Gasteiger partial charge in [-0.05, 0) is 25.5 Å². The van der Waals surface area contributed by atoms with E-state index in [2.05, 4.69) is 0 Å². The molecule has 0 spiro atoms. The third kappa shape index (κ3) is 4.40. The number of aliphatic hydroxyl groups is 1. The number of hydrogen-bond donors (Lipinski definition) is 1. The first kappa shape index (κ1) is 14.1. The van der Waals surface area contributed by atoms with Crippen LogP contribution in [0.1, 0.15) is 18.9 Å². The first-order chi connectivity index (χ1) is 8.06. The Balaban J connectivity index is 2.58. The van der Waals surface area contributed by atoms with Gasteiger partial charge >= 0.3 is 0 Å². The van der Waals surface area contributed by atoms with Gasteiger partial charge in [-0.1, -0.05) is 13.0 Å². The van der Waals surface area contributed by atoms with E-state index in [1.54, 1.807) is 0 Å². The van der Waals surface area contributed by atoms with Crippen LogP contribution in [-0.4, -0.2) is 30.2 Å². The highest BCUT2D eigenvalue weighted by Gasteiger charge is 2.11. The summed E-state index contributed by atoms with van der Waals surface area (Å²) in [6.07, 6.45) is 0.882. The molecule has 0 heterocycles. The van der Waals surface area contributed by atoms with Crippen molar-refractivity contribution in [2.75, 3.05) is 20.2 Å². The lowest BCUT2D eigenvalue weighted by Crippen LogP contribution is -2.27. The van der Waals surface area contributed by atoms with Gasteiger partial charge in [0.2, 0.25) is 0 Å². The fourth-order valence-electron chi connectivity index (χ4n) is 1.76. The van der Waals surface area contributed by atoms with E-state index in [9.17, 15) is 8.78 Å². The summed E-state index contributed by atoms with van der Waals surface area (Å²) in [5.74, 6) is -0.881. The molecule has 0 saturated heterocycles. The van der Waals surface area contributed by atoms with Crippen LogP contribution in [-0.2, 0) is 6.54 Å². The van der Waals surface area contributed by atoms with Crippen molar-refractivity contribution in [2.45, 2.75) is 19.9 Å². The first-order valence-corrected chi connectivity index (χ1v) is 5.80. The summed E-state index contributed by atoms with van der Waals surface area (Å²) in [6, 6.07) is 3.61. The molecule has 4 heteroatoms. The summed E-state index contributed by atoms with van der Waals surface area (Å²) < 4.78 is 26.1. The van der Waals surface area contributed by atoms with Crippen molar-refractivity contribution >= 4 is 0 Å². The maximum atomic E-state index is 13.4. The van der Waals surface area contributed by atoms with E-state index in [0.717, 1.165) is 12.5 Å². The van der Waals surface area contributed by atoms with Crippen molar-refractivity contribution in [3.63, 3.8) is 0 Å². The minimum atomic E-state index is -0.560. The van der Waals surface area contributed by atoms with E-state index in [4.69, 9.17) is 5.11 Å². The standard InChI is InChI=1S/C13H19F2NO/c1-3-10(9-17)7-16(2)8-11-4-5-12(14)6-13(11)15/h4-6,10,17H,3,7-9H2,1-2H3. The molecule has 1 unspecified atom stereocenters. The summed E-state index contributed by atoms with van der Waals surface area (Å²) in [5, 5.41) is 9.08. The number of aliphatic hydroxyl groups excluding tert-OH is 1. The van der Waals surface area contributed by atoms with Gasteiger partial charge in [-0.25, -0.2) is 8.78 Å². The van der Waals surface area contributed by atoms with E-state index in [1.165, 1.54) is 12.1 Å². The van der Waals surface area contributed by atoms with Gasteiger partial charge in [0.1, 0.15) is 11.6 Å². The van der Waals surface area contributed by atoms with Crippen LogP contribution < -0.4 is 0 Å². The van der Waals surface area contributed by atoms with E-state index in [0.29, 0.717) is 18.7 Å². The Hall–Kier alpha value is -1.00. The van der Waals surface area contributed by atoms with Crippen molar-refractivity contribution < 1.29 is 13.9 Å². The number of benzene rings is 1. The molecule has 0 radical (unpaired) electrons. The van der Waals surface area contributed by atoms with Gasteiger partial charge < -0.3 is 10.0 Å². The smallest absolute Gasteiger partial charge is 0.130 e. The minimum Gasteiger partial charge on any atom is -0.396 e. The second-order valence-electron chi connectivity index (χ2n) is 4.39. The molecule has 0 bridgehead atoms. The van der Waals surface area contributed by atoms with Gasteiger partial charge in [-0.2, -0.15) is 0 Å². The van der Waals surface area contributed by atoms with Gasteiger partial charge in [0.15, 0.2) is 0 Å². The van der Waals surface area contributed by atoms with Crippen LogP contribution in [0.25, 0.3) is 0 Å². The van der Waals surface area contributed by atoms with Gasteiger partial charge in [-0.3, -0.25) is 0 Å². The topological polar surface area (TPSA) is 23.5 Å². The molecule has 0 amide bonds. The molecule has 17 heavy (non-hydrogen) atoms. The third-order valence-corrected chi connectivity index (χ3v) is 2.86. The Morgan fingerprint density at radius 3 is 2.59 bits per heavy atom. The summed E-state index contributed by atoms with van der Waals surface area (Å²) in [4.78, 5) is 1.93. The number of halogens is 2. The number of rotatable bonds is 6. The molecular weight excluding hydrogens is 224 g/mol. The molecule has 1 atom stereocenters. The molecule has 0 aromatic heterocycles. The van der Waals surface area contributed by atoms with Crippen LogP contribution in [0.4, 0.5) is 8.78 Å². The van der Waals surface area contributed by atoms with Crippen LogP contribution in [0, 0.1) is 17.6 Å². The zero-order chi connectivity index (χ0) is 12.8. The van der Waals surface area contributed by atoms with Crippen molar-refractivity contribution in [3.05, 3.63) is 35.4 Å². The molecular formula is C13H19F2NO. The van der Waals surface area contributed by atoms with Crippen molar-refractivity contribution in [1.82, 2.24) is 4.90 Å². The fraction of sp³-hybridized carbons (Fsp3) is 0.538. The predicted octanol–water partition coefficient (Wildman–Crippen LogP) is 2.42. The van der Waals surface area contributed by atoms with Crippen LogP contribution in [0.2, 0.25) is 0 Å². The summed E-state index contributed by atoms with van der Waals surface area (Å²) in [7, 11) is 1.86. The summed E-state index contributed by atoms with van der Waals surface area (Å²) in [5.41, 5.74) is 0.474. The summed E-state index contributed by atoms with van der Waals surface area (Å²) >= 11 is 0. The number of nitrogens with zero attached hydrogens (tertiary/aromatic N) is 1. The quantitative estimate of drug-likeness (QED) is 0.829. The molecule has 0 aliphatic carbocycles. The van der Waals surface area contributed by atoms with Crippen LogP contribution in [0.5, 0.6) is 0 Å². The average molecular weight is 243 g/mol. The van der Waals surface area contributed by atoms with Crippen molar-refractivity contribution in [2.24, 2.45) is 5.92 Å². The molecule has 1 N–H and O–H groups in total. The van der Waals surface area contributed by atoms with Gasteiger partial charge in [0.05, 0.1) is 0 Å². The average Bonchev–Trinajstić information content (AvgIpc) is 2.29. The molecule has 0 fully saturated rings. The zero-order valence-corrected chi connectivity index (χ0v) is 10.3. The highest BCUT2D eigenvalue weighted by molar-refractivity contribution is 5.18. The molecule has 2 nitrogen and oxygen atoms in total. The lowest BCUT2D eigenvalue weighted by Gasteiger charge is -2.21. The zero-order valence-electron chi connectivity index (χ0n) is 10.3. The largest absolute Gasteiger partial charge is 0.396 e. The molecule has 0 aliphatic rings. The van der Waals surface area contributed by atoms with Crippen LogP contribution >= 0.6 is 0 Å². The van der Waals surface area contributed by atoms with E-state index < -0.39 is 11.6 Å². The lowest BCUT2D eigenvalue weighted by atomic mass is 10.1. The fourth-order valence-corrected chi connectivity index (χ4v) is 1.76. The van der Waals surface area contributed by atoms with Gasteiger partial charge in [0.25, 0.3) is 0 Å². The molecule has 96 valence electrons. The molecule has 0 saturated carbocycles. The molecule has 0 aliphatic heterocycles. The maximum Gasteiger partial charge on any atom is 0.130 e. The Morgan fingerprint density at radius 2 is 2.06 bits per heavy atom. The lowest BCUT2D eigenvalue weighted by molar-refractivity contribution is 0.172. The van der Waals surface area contributed by atoms with E-state index >= 15 is 0 Å². The van der Waals surface area contributed by atoms with E-state index in [1.807, 2.05) is 18.9 Å². The second kappa shape index (κ2) is 6.67. The van der Waals surface area contributed by atoms with E-state index in [-0.39, 0.29) is 12.5 Å².